The molecule has 0 aliphatic rings. The van der Waals surface area contributed by atoms with E-state index in [2.05, 4.69) is 60.5 Å². The van der Waals surface area contributed by atoms with Crippen LogP contribution in [0, 0.1) is 12.8 Å². The summed E-state index contributed by atoms with van der Waals surface area (Å²) in [4.78, 5) is 4.31. The normalized spacial score (nSPS) is 10.9. The Balaban J connectivity index is 1.95. The van der Waals surface area contributed by atoms with Crippen molar-refractivity contribution in [2.75, 3.05) is 11.9 Å². The molecular formula is C14H19N3O. The Morgan fingerprint density at radius 1 is 1.22 bits per heavy atom. The van der Waals surface area contributed by atoms with E-state index in [1.165, 1.54) is 11.1 Å². The van der Waals surface area contributed by atoms with Crippen LogP contribution in [0.2, 0.25) is 0 Å². The summed E-state index contributed by atoms with van der Waals surface area (Å²) in [5.74, 6) is 1.27. The molecule has 0 radical (unpaired) electrons. The molecular weight excluding hydrogens is 226 g/mol. The average Bonchev–Trinajstić information content (AvgIpc) is 2.77. The molecule has 0 bridgehead atoms. The van der Waals surface area contributed by atoms with Crippen LogP contribution in [0.5, 0.6) is 0 Å². The maximum Gasteiger partial charge on any atom is 0.321 e. The number of rotatable bonds is 5. The molecule has 1 N–H and O–H groups in total. The number of nitrogens with one attached hydrogen (secondary N) is 1. The molecule has 2 rings (SSSR count). The number of hydrogen-bond acceptors (Lipinski definition) is 4. The predicted molar refractivity (Wildman–Crippen MR) is 71.6 cm³/mol. The van der Waals surface area contributed by atoms with Gasteiger partial charge in [0.1, 0.15) is 0 Å². The summed E-state index contributed by atoms with van der Waals surface area (Å²) < 4.78 is 5.14. The zero-order valence-corrected chi connectivity index (χ0v) is 11.1. The lowest BCUT2D eigenvalue weighted by Gasteiger charge is -2.02. The summed E-state index contributed by atoms with van der Waals surface area (Å²) in [6.07, 6.45) is 0.702. The standard InChI is InChI=1S/C14H19N3O/c1-10(2)9-15-14-16-13(17-18-14)8-12-6-4-11(3)5-7-12/h4-7,10H,8-9H2,1-3H3,(H,15,16,17). The Kier molecular flexibility index (Phi) is 3.97. The highest BCUT2D eigenvalue weighted by Crippen LogP contribution is 2.10. The fourth-order valence-electron chi connectivity index (χ4n) is 1.58. The van der Waals surface area contributed by atoms with Gasteiger partial charge in [-0.3, -0.25) is 0 Å². The summed E-state index contributed by atoms with van der Waals surface area (Å²) >= 11 is 0. The van der Waals surface area contributed by atoms with Crippen LogP contribution < -0.4 is 5.32 Å². The highest BCUT2D eigenvalue weighted by Gasteiger charge is 2.06. The molecule has 0 atom stereocenters. The Labute approximate surface area is 107 Å². The van der Waals surface area contributed by atoms with E-state index in [0.717, 1.165) is 6.54 Å². The minimum Gasteiger partial charge on any atom is -0.338 e. The topological polar surface area (TPSA) is 51.0 Å². The third-order valence-electron chi connectivity index (χ3n) is 2.61. The number of aryl methyl sites for hydroxylation is 1. The number of aromatic nitrogens is 2. The maximum absolute atomic E-state index is 5.14. The molecule has 4 nitrogen and oxygen atoms in total. The number of hydrogen-bond donors (Lipinski definition) is 1. The maximum atomic E-state index is 5.14. The van der Waals surface area contributed by atoms with E-state index in [4.69, 9.17) is 4.52 Å². The van der Waals surface area contributed by atoms with Crippen molar-refractivity contribution in [1.82, 2.24) is 10.1 Å². The number of anilines is 1. The molecule has 0 saturated heterocycles. The van der Waals surface area contributed by atoms with E-state index in [1.54, 1.807) is 0 Å². The van der Waals surface area contributed by atoms with Gasteiger partial charge in [0, 0.05) is 13.0 Å². The van der Waals surface area contributed by atoms with Crippen LogP contribution in [-0.2, 0) is 6.42 Å². The van der Waals surface area contributed by atoms with Gasteiger partial charge in [-0.25, -0.2) is 0 Å². The first-order valence-corrected chi connectivity index (χ1v) is 6.25. The lowest BCUT2D eigenvalue weighted by Crippen LogP contribution is -2.08. The third kappa shape index (κ3) is 3.58. The van der Waals surface area contributed by atoms with Crippen molar-refractivity contribution < 1.29 is 4.52 Å². The van der Waals surface area contributed by atoms with Crippen molar-refractivity contribution in [1.29, 1.82) is 0 Å². The lowest BCUT2D eigenvalue weighted by atomic mass is 10.1. The van der Waals surface area contributed by atoms with Crippen molar-refractivity contribution in [3.63, 3.8) is 0 Å². The van der Waals surface area contributed by atoms with Gasteiger partial charge in [0.15, 0.2) is 5.82 Å². The van der Waals surface area contributed by atoms with E-state index >= 15 is 0 Å². The van der Waals surface area contributed by atoms with Crippen molar-refractivity contribution in [3.8, 4) is 0 Å². The van der Waals surface area contributed by atoms with Crippen molar-refractivity contribution in [2.24, 2.45) is 5.92 Å². The lowest BCUT2D eigenvalue weighted by molar-refractivity contribution is 0.421. The molecule has 1 aromatic carbocycles. The second-order valence-electron chi connectivity index (χ2n) is 4.95. The summed E-state index contributed by atoms with van der Waals surface area (Å²) in [7, 11) is 0. The Morgan fingerprint density at radius 2 is 1.94 bits per heavy atom. The first-order valence-electron chi connectivity index (χ1n) is 6.25. The van der Waals surface area contributed by atoms with E-state index in [1.807, 2.05) is 0 Å². The van der Waals surface area contributed by atoms with E-state index in [9.17, 15) is 0 Å². The molecule has 0 fully saturated rings. The van der Waals surface area contributed by atoms with Gasteiger partial charge in [-0.1, -0.05) is 48.8 Å². The molecule has 2 aromatic rings. The van der Waals surface area contributed by atoms with Gasteiger partial charge in [0.25, 0.3) is 0 Å². The van der Waals surface area contributed by atoms with E-state index < -0.39 is 0 Å². The fourth-order valence-corrected chi connectivity index (χ4v) is 1.58. The summed E-state index contributed by atoms with van der Waals surface area (Å²) in [5, 5.41) is 7.08. The van der Waals surface area contributed by atoms with Crippen LogP contribution in [0.25, 0.3) is 0 Å². The summed E-state index contributed by atoms with van der Waals surface area (Å²) in [6.45, 7) is 7.19. The minimum atomic E-state index is 0.505. The summed E-state index contributed by atoms with van der Waals surface area (Å²) in [5.41, 5.74) is 2.45. The molecule has 0 spiro atoms. The van der Waals surface area contributed by atoms with Crippen molar-refractivity contribution in [3.05, 3.63) is 41.2 Å². The molecule has 0 saturated carbocycles. The highest BCUT2D eigenvalue weighted by atomic mass is 16.5. The molecule has 96 valence electrons. The zero-order chi connectivity index (χ0) is 13.0. The Bertz CT molecular complexity index is 488. The largest absolute Gasteiger partial charge is 0.338 e. The van der Waals surface area contributed by atoms with E-state index in [-0.39, 0.29) is 0 Å². The van der Waals surface area contributed by atoms with Gasteiger partial charge in [-0.15, -0.1) is 0 Å². The van der Waals surface area contributed by atoms with Crippen LogP contribution in [0.4, 0.5) is 6.01 Å². The molecule has 1 heterocycles. The molecule has 0 aliphatic heterocycles. The molecule has 0 amide bonds. The van der Waals surface area contributed by atoms with Gasteiger partial charge in [0.2, 0.25) is 0 Å². The second-order valence-corrected chi connectivity index (χ2v) is 4.95. The molecule has 0 unspecified atom stereocenters. The first kappa shape index (κ1) is 12.6. The fraction of sp³-hybridized carbons (Fsp3) is 0.429. The average molecular weight is 245 g/mol. The summed E-state index contributed by atoms with van der Waals surface area (Å²) in [6, 6.07) is 8.87. The van der Waals surface area contributed by atoms with E-state index in [0.29, 0.717) is 24.2 Å². The quantitative estimate of drug-likeness (QED) is 0.879. The Morgan fingerprint density at radius 3 is 2.61 bits per heavy atom. The highest BCUT2D eigenvalue weighted by molar-refractivity contribution is 5.25. The number of benzene rings is 1. The monoisotopic (exact) mass is 245 g/mol. The van der Waals surface area contributed by atoms with Gasteiger partial charge in [-0.05, 0) is 18.4 Å². The van der Waals surface area contributed by atoms with Crippen LogP contribution in [0.3, 0.4) is 0 Å². The van der Waals surface area contributed by atoms with Crippen LogP contribution in [0.15, 0.2) is 28.8 Å². The minimum absolute atomic E-state index is 0.505. The second kappa shape index (κ2) is 5.67. The molecule has 18 heavy (non-hydrogen) atoms. The van der Waals surface area contributed by atoms with Gasteiger partial charge >= 0.3 is 6.01 Å². The van der Waals surface area contributed by atoms with Gasteiger partial charge in [-0.2, -0.15) is 4.98 Å². The van der Waals surface area contributed by atoms with Crippen LogP contribution >= 0.6 is 0 Å². The smallest absolute Gasteiger partial charge is 0.321 e. The molecule has 1 aromatic heterocycles. The SMILES string of the molecule is Cc1ccc(Cc2noc(NCC(C)C)n2)cc1. The Hall–Kier alpha value is -1.84. The van der Waals surface area contributed by atoms with Gasteiger partial charge in [0.05, 0.1) is 0 Å². The van der Waals surface area contributed by atoms with Crippen LogP contribution in [0.1, 0.15) is 30.8 Å². The van der Waals surface area contributed by atoms with Crippen LogP contribution in [-0.4, -0.2) is 16.7 Å². The van der Waals surface area contributed by atoms with Crippen molar-refractivity contribution in [2.45, 2.75) is 27.2 Å². The molecule has 4 heteroatoms. The first-order chi connectivity index (χ1) is 8.63. The van der Waals surface area contributed by atoms with Gasteiger partial charge < -0.3 is 9.84 Å². The molecule has 0 aliphatic carbocycles. The van der Waals surface area contributed by atoms with Crippen molar-refractivity contribution >= 4 is 6.01 Å². The number of nitrogens with zero attached hydrogens (tertiary/aromatic N) is 2. The predicted octanol–water partition coefficient (Wildman–Crippen LogP) is 3.04. The third-order valence-corrected chi connectivity index (χ3v) is 2.61. The zero-order valence-electron chi connectivity index (χ0n) is 11.1.